The summed E-state index contributed by atoms with van der Waals surface area (Å²) in [5.41, 5.74) is 0.531. The lowest BCUT2D eigenvalue weighted by molar-refractivity contribution is -0.137. The molecule has 0 aliphatic carbocycles. The zero-order valence-electron chi connectivity index (χ0n) is 14.6. The van der Waals surface area contributed by atoms with E-state index in [1.807, 2.05) is 0 Å². The first kappa shape index (κ1) is 18.6. The first-order valence-electron chi connectivity index (χ1n) is 8.45. The van der Waals surface area contributed by atoms with Gasteiger partial charge in [0, 0.05) is 0 Å². The van der Waals surface area contributed by atoms with Crippen LogP contribution in [0.4, 0.5) is 5.82 Å². The number of aliphatic imine (C=N–C) groups is 1. The van der Waals surface area contributed by atoms with Crippen molar-refractivity contribution in [1.82, 2.24) is 19.5 Å². The van der Waals surface area contributed by atoms with Gasteiger partial charge < -0.3 is 29.9 Å². The number of imidazole rings is 1. The smallest absolute Gasteiger partial charge is 0.341 e. The highest BCUT2D eigenvalue weighted by molar-refractivity contribution is 6.04. The Hall–Kier alpha value is -2.71. The van der Waals surface area contributed by atoms with Crippen molar-refractivity contribution < 1.29 is 34.7 Å². The number of cyclic esters (lactones) is 1. The van der Waals surface area contributed by atoms with Gasteiger partial charge in [0.2, 0.25) is 0 Å². The van der Waals surface area contributed by atoms with E-state index in [-0.39, 0.29) is 23.0 Å². The van der Waals surface area contributed by atoms with Gasteiger partial charge in [0.25, 0.3) is 6.02 Å². The van der Waals surface area contributed by atoms with Crippen LogP contribution in [0.3, 0.4) is 0 Å². The number of carbonyl (C=O) groups is 1. The van der Waals surface area contributed by atoms with E-state index >= 15 is 0 Å². The zero-order valence-corrected chi connectivity index (χ0v) is 14.6. The summed E-state index contributed by atoms with van der Waals surface area (Å²) in [6.07, 6.45) is -2.98. The summed E-state index contributed by atoms with van der Waals surface area (Å²) in [4.78, 5) is 28.0. The van der Waals surface area contributed by atoms with Gasteiger partial charge in [0.15, 0.2) is 29.3 Å². The molecule has 6 atom stereocenters. The average molecular weight is 394 g/mol. The molecule has 2 aromatic heterocycles. The van der Waals surface area contributed by atoms with E-state index in [4.69, 9.17) is 9.47 Å². The number of aliphatic hydroxyl groups is 4. The van der Waals surface area contributed by atoms with Crippen LogP contribution in [-0.4, -0.2) is 89.0 Å². The van der Waals surface area contributed by atoms with Crippen LogP contribution in [0, 0.1) is 0 Å². The van der Waals surface area contributed by atoms with Crippen LogP contribution in [-0.2, 0) is 14.3 Å². The van der Waals surface area contributed by atoms with Gasteiger partial charge in [-0.2, -0.15) is 0 Å². The molecule has 13 heteroatoms. The third-order valence-corrected chi connectivity index (χ3v) is 4.53. The molecule has 1 fully saturated rings. The number of esters is 1. The minimum atomic E-state index is -1.30. The molecule has 5 N–H and O–H groups in total. The van der Waals surface area contributed by atoms with Crippen LogP contribution in [0.1, 0.15) is 13.2 Å². The lowest BCUT2D eigenvalue weighted by atomic mass is 10.1. The Morgan fingerprint density at radius 1 is 1.29 bits per heavy atom. The Labute approximate surface area is 157 Å². The second kappa shape index (κ2) is 7.03. The van der Waals surface area contributed by atoms with Crippen LogP contribution in [0.5, 0.6) is 0 Å². The summed E-state index contributed by atoms with van der Waals surface area (Å²) in [5.74, 6) is -0.520. The Kier molecular flexibility index (Phi) is 4.68. The molecule has 0 bridgehead atoms. The van der Waals surface area contributed by atoms with Gasteiger partial charge in [0.1, 0.15) is 24.6 Å². The van der Waals surface area contributed by atoms with Crippen LogP contribution < -0.4 is 5.32 Å². The molecule has 4 rings (SSSR count). The van der Waals surface area contributed by atoms with Crippen molar-refractivity contribution in [2.45, 2.75) is 43.6 Å². The van der Waals surface area contributed by atoms with E-state index in [9.17, 15) is 25.2 Å². The highest BCUT2D eigenvalue weighted by atomic mass is 16.6. The fourth-order valence-corrected chi connectivity index (χ4v) is 3.06. The van der Waals surface area contributed by atoms with Gasteiger partial charge in [-0.05, 0) is 6.92 Å². The van der Waals surface area contributed by atoms with Crippen LogP contribution in [0.25, 0.3) is 11.2 Å². The molecular formula is C15H18N6O7. The number of nitrogens with zero attached hydrogens (tertiary/aromatic N) is 5. The summed E-state index contributed by atoms with van der Waals surface area (Å²) >= 11 is 0. The van der Waals surface area contributed by atoms with Crippen molar-refractivity contribution in [1.29, 1.82) is 0 Å². The Morgan fingerprint density at radius 3 is 2.71 bits per heavy atom. The van der Waals surface area contributed by atoms with Crippen molar-refractivity contribution >= 4 is 29.0 Å². The van der Waals surface area contributed by atoms with Crippen molar-refractivity contribution in [2.24, 2.45) is 4.99 Å². The number of fused-ring (bicyclic) bond motifs is 1. The van der Waals surface area contributed by atoms with Crippen molar-refractivity contribution in [3.8, 4) is 0 Å². The summed E-state index contributed by atoms with van der Waals surface area (Å²) in [6.45, 7) is 0.961. The quantitative estimate of drug-likeness (QED) is 0.346. The molecule has 0 aromatic carbocycles. The van der Waals surface area contributed by atoms with E-state index in [2.05, 4.69) is 25.3 Å². The molecule has 150 valence electrons. The standard InChI is InChI=1S/C15H18N6O7/c1-5(23)7-14(26)28-15(19-7)20-11-8-12(17-3-16-11)21(4-18-8)13-10(25)9(24)6(2-22)27-13/h3-7,9-10,13,22-25H,2H2,1H3,(H,16,17,19,20). The molecule has 4 heterocycles. The zero-order chi connectivity index (χ0) is 20.0. The number of nitrogens with one attached hydrogen (secondary N) is 1. The van der Waals surface area contributed by atoms with Crippen molar-refractivity contribution in [2.75, 3.05) is 11.9 Å². The maximum atomic E-state index is 11.7. The third kappa shape index (κ3) is 2.98. The van der Waals surface area contributed by atoms with E-state index in [0.29, 0.717) is 0 Å². The van der Waals surface area contributed by atoms with Gasteiger partial charge >= 0.3 is 5.97 Å². The van der Waals surface area contributed by atoms with Crippen molar-refractivity contribution in [3.05, 3.63) is 12.7 Å². The fourth-order valence-electron chi connectivity index (χ4n) is 3.06. The Morgan fingerprint density at radius 2 is 2.07 bits per heavy atom. The number of hydrogen-bond acceptors (Lipinski definition) is 12. The van der Waals surface area contributed by atoms with E-state index in [1.54, 1.807) is 0 Å². The Balaban J connectivity index is 1.63. The first-order valence-corrected chi connectivity index (χ1v) is 8.45. The normalized spacial score (nSPS) is 31.1. The van der Waals surface area contributed by atoms with Gasteiger partial charge in [-0.25, -0.2) is 24.7 Å². The molecule has 2 aliphatic rings. The summed E-state index contributed by atoms with van der Waals surface area (Å²) in [6, 6.07) is -1.17. The summed E-state index contributed by atoms with van der Waals surface area (Å²) < 4.78 is 11.9. The molecule has 2 aromatic rings. The molecule has 13 nitrogen and oxygen atoms in total. The van der Waals surface area contributed by atoms with Gasteiger partial charge in [-0.1, -0.05) is 0 Å². The first-order chi connectivity index (χ1) is 13.4. The van der Waals surface area contributed by atoms with Crippen LogP contribution >= 0.6 is 0 Å². The largest absolute Gasteiger partial charge is 0.394 e. The number of aliphatic hydroxyl groups excluding tert-OH is 4. The predicted molar refractivity (Wildman–Crippen MR) is 91.0 cm³/mol. The molecule has 0 saturated carbocycles. The fraction of sp³-hybridized carbons (Fsp3) is 0.533. The molecule has 1 saturated heterocycles. The number of amidine groups is 1. The maximum absolute atomic E-state index is 11.7. The van der Waals surface area contributed by atoms with E-state index < -0.39 is 49.3 Å². The SMILES string of the molecule is CC(O)C1N=C(Nc2ncnc3c2ncn3C2OC(CO)C(O)C2O)OC1=O. The molecule has 0 radical (unpaired) electrons. The van der Waals surface area contributed by atoms with E-state index in [1.165, 1.54) is 24.1 Å². The lowest BCUT2D eigenvalue weighted by Gasteiger charge is -2.16. The summed E-state index contributed by atoms with van der Waals surface area (Å²) in [7, 11) is 0. The van der Waals surface area contributed by atoms with E-state index in [0.717, 1.165) is 0 Å². The highest BCUT2D eigenvalue weighted by Crippen LogP contribution is 2.32. The maximum Gasteiger partial charge on any atom is 0.341 e. The van der Waals surface area contributed by atoms with Gasteiger partial charge in [-0.15, -0.1) is 0 Å². The second-order valence-corrected chi connectivity index (χ2v) is 6.44. The average Bonchev–Trinajstić information content (AvgIpc) is 3.33. The summed E-state index contributed by atoms with van der Waals surface area (Å²) in [5, 5.41) is 41.6. The van der Waals surface area contributed by atoms with Gasteiger partial charge in [-0.3, -0.25) is 9.88 Å². The monoisotopic (exact) mass is 394 g/mol. The highest BCUT2D eigenvalue weighted by Gasteiger charge is 2.44. The van der Waals surface area contributed by atoms with Crippen LogP contribution in [0.2, 0.25) is 0 Å². The lowest BCUT2D eigenvalue weighted by Crippen LogP contribution is -2.33. The number of hydrogen-bond donors (Lipinski definition) is 5. The second-order valence-electron chi connectivity index (χ2n) is 6.44. The third-order valence-electron chi connectivity index (χ3n) is 4.53. The number of anilines is 1. The number of carbonyl (C=O) groups excluding carboxylic acids is 1. The molecule has 0 spiro atoms. The number of rotatable bonds is 4. The number of ether oxygens (including phenoxy) is 2. The minimum absolute atomic E-state index is 0.140. The molecule has 2 aliphatic heterocycles. The molecule has 0 amide bonds. The van der Waals surface area contributed by atoms with Crippen LogP contribution in [0.15, 0.2) is 17.6 Å². The molecule has 28 heavy (non-hydrogen) atoms. The van der Waals surface area contributed by atoms with Crippen molar-refractivity contribution in [3.63, 3.8) is 0 Å². The topological polar surface area (TPSA) is 184 Å². The Bertz CT molecular complexity index is 931. The predicted octanol–water partition coefficient (Wildman–Crippen LogP) is -2.49. The number of aromatic nitrogens is 4. The molecule has 6 unspecified atom stereocenters. The molecular weight excluding hydrogens is 376 g/mol. The minimum Gasteiger partial charge on any atom is -0.394 e. The van der Waals surface area contributed by atoms with Gasteiger partial charge in [0.05, 0.1) is 19.0 Å².